The number of hydrogen-bond acceptors (Lipinski definition) is 4. The first-order valence-corrected chi connectivity index (χ1v) is 8.15. The monoisotopic (exact) mass is 363 g/mol. The summed E-state index contributed by atoms with van der Waals surface area (Å²) in [5.74, 6) is -1.66. The third-order valence-electron chi connectivity index (χ3n) is 4.18. The molecule has 1 aromatic heterocycles. The summed E-state index contributed by atoms with van der Waals surface area (Å²) >= 11 is 0. The number of carbonyl (C=O) groups is 2. The van der Waals surface area contributed by atoms with Gasteiger partial charge in [-0.3, -0.25) is 14.2 Å². The van der Waals surface area contributed by atoms with Crippen LogP contribution in [0.15, 0.2) is 65.3 Å². The lowest BCUT2D eigenvalue weighted by Crippen LogP contribution is -1.99. The van der Waals surface area contributed by atoms with Gasteiger partial charge in [0, 0.05) is 28.4 Å². The first-order valence-electron chi connectivity index (χ1n) is 8.15. The minimum absolute atomic E-state index is 0.127. The molecule has 0 aliphatic heterocycles. The summed E-state index contributed by atoms with van der Waals surface area (Å²) < 4.78 is 1.26. The lowest BCUT2D eigenvalue weighted by molar-refractivity contribution is 0.0946. The molecule has 2 amide bonds. The van der Waals surface area contributed by atoms with Crippen LogP contribution in [0.2, 0.25) is 0 Å². The smallest absolute Gasteiger partial charge is 0.295 e. The fourth-order valence-corrected chi connectivity index (χ4v) is 2.77. The Hall–Kier alpha value is -3.74. The average molecular weight is 363 g/mol. The lowest BCUT2D eigenvalue weighted by Gasteiger charge is -2.01. The molecule has 0 radical (unpaired) electrons. The average Bonchev–Trinajstić information content (AvgIpc) is 2.91. The van der Waals surface area contributed by atoms with Crippen LogP contribution in [0.4, 0.5) is 0 Å². The van der Waals surface area contributed by atoms with Crippen LogP contribution in [0.3, 0.4) is 0 Å². The highest BCUT2D eigenvalue weighted by Gasteiger charge is 2.17. The van der Waals surface area contributed by atoms with E-state index in [1.54, 1.807) is 31.2 Å². The van der Waals surface area contributed by atoms with Crippen molar-refractivity contribution in [2.45, 2.75) is 13.5 Å². The molecule has 0 aliphatic rings. The second kappa shape index (κ2) is 7.25. The van der Waals surface area contributed by atoms with Crippen molar-refractivity contribution >= 4 is 22.6 Å². The number of aryl methyl sites for hydroxylation is 1. The zero-order valence-corrected chi connectivity index (χ0v) is 14.6. The Morgan fingerprint density at radius 1 is 1.04 bits per heavy atom. The molecule has 7 nitrogen and oxygen atoms in total. The Labute approximate surface area is 154 Å². The Bertz CT molecular complexity index is 1100. The molecular formula is C20H17N3O4. The summed E-state index contributed by atoms with van der Waals surface area (Å²) in [5.41, 5.74) is 1.24. The van der Waals surface area contributed by atoms with E-state index in [1.165, 1.54) is 28.8 Å². The summed E-state index contributed by atoms with van der Waals surface area (Å²) in [4.78, 5) is 24.3. The van der Waals surface area contributed by atoms with Crippen LogP contribution in [-0.2, 0) is 6.54 Å². The molecule has 27 heavy (non-hydrogen) atoms. The Balaban J connectivity index is 1.90. The quantitative estimate of drug-likeness (QED) is 0.540. The summed E-state index contributed by atoms with van der Waals surface area (Å²) in [6.45, 7) is 5.54. The largest absolute Gasteiger partial charge is 0.494 e. The van der Waals surface area contributed by atoms with E-state index in [0.29, 0.717) is 16.3 Å². The van der Waals surface area contributed by atoms with Crippen LogP contribution < -0.4 is 0 Å². The minimum atomic E-state index is -0.728. The van der Waals surface area contributed by atoms with E-state index in [4.69, 9.17) is 0 Å². The number of amides is 2. The zero-order valence-electron chi connectivity index (χ0n) is 14.6. The molecule has 3 rings (SSSR count). The maximum atomic E-state index is 12.3. The number of nitrogens with zero attached hydrogens (tertiary/aromatic N) is 3. The summed E-state index contributed by atoms with van der Waals surface area (Å²) in [7, 11) is 0. The number of carbonyl (C=O) groups excluding carboxylic acids is 2. The van der Waals surface area contributed by atoms with Crippen molar-refractivity contribution < 1.29 is 19.8 Å². The second-order valence-electron chi connectivity index (χ2n) is 5.93. The fraction of sp³-hybridized carbons (Fsp3) is 0.100. The van der Waals surface area contributed by atoms with E-state index in [2.05, 4.69) is 16.8 Å². The third-order valence-corrected chi connectivity index (χ3v) is 4.18. The second-order valence-corrected chi connectivity index (χ2v) is 5.93. The highest BCUT2D eigenvalue weighted by atomic mass is 16.3. The number of benzene rings is 2. The Morgan fingerprint density at radius 3 is 2.41 bits per heavy atom. The molecule has 2 aromatic carbocycles. The molecule has 0 unspecified atom stereocenters. The van der Waals surface area contributed by atoms with Crippen LogP contribution in [-0.4, -0.2) is 26.6 Å². The van der Waals surface area contributed by atoms with Gasteiger partial charge in [0.05, 0.1) is 0 Å². The molecule has 1 heterocycles. The summed E-state index contributed by atoms with van der Waals surface area (Å²) in [5, 5.41) is 28.0. The molecule has 0 spiro atoms. The molecular weight excluding hydrogens is 346 g/mol. The van der Waals surface area contributed by atoms with Gasteiger partial charge in [0.15, 0.2) is 0 Å². The van der Waals surface area contributed by atoms with Crippen molar-refractivity contribution in [3.05, 3.63) is 71.8 Å². The third kappa shape index (κ3) is 3.35. The van der Waals surface area contributed by atoms with Crippen molar-refractivity contribution in [1.82, 2.24) is 4.57 Å². The maximum Gasteiger partial charge on any atom is 0.295 e. The van der Waals surface area contributed by atoms with Gasteiger partial charge < -0.3 is 10.2 Å². The zero-order chi connectivity index (χ0) is 19.6. The van der Waals surface area contributed by atoms with Crippen molar-refractivity contribution in [2.24, 2.45) is 10.2 Å². The van der Waals surface area contributed by atoms with Crippen LogP contribution in [0.1, 0.15) is 26.3 Å². The molecule has 0 fully saturated rings. The van der Waals surface area contributed by atoms with E-state index >= 15 is 0 Å². The van der Waals surface area contributed by atoms with E-state index in [-0.39, 0.29) is 23.9 Å². The van der Waals surface area contributed by atoms with Crippen LogP contribution in [0.5, 0.6) is 11.8 Å². The minimum Gasteiger partial charge on any atom is -0.494 e. The molecule has 136 valence electrons. The number of aromatic hydroxyl groups is 2. The van der Waals surface area contributed by atoms with Gasteiger partial charge in [-0.1, -0.05) is 24.3 Å². The predicted octanol–water partition coefficient (Wildman–Crippen LogP) is 3.98. The van der Waals surface area contributed by atoms with Gasteiger partial charge in [0.2, 0.25) is 11.8 Å². The molecule has 0 saturated carbocycles. The van der Waals surface area contributed by atoms with E-state index in [1.807, 2.05) is 0 Å². The van der Waals surface area contributed by atoms with Crippen molar-refractivity contribution in [1.29, 1.82) is 0 Å². The van der Waals surface area contributed by atoms with E-state index in [9.17, 15) is 19.8 Å². The first kappa shape index (κ1) is 18.1. The standard InChI is InChI=1S/C20H17N3O4/c1-3-10-23-19(26)15-9-8-13(11-16(15)20(23)27)17(24)21-22-18(25)14-7-5-4-6-12(14)2/h3-9,11,26-27H,1,10H2,2H3. The first-order chi connectivity index (χ1) is 12.9. The lowest BCUT2D eigenvalue weighted by atomic mass is 10.1. The van der Waals surface area contributed by atoms with Gasteiger partial charge in [-0.25, -0.2) is 0 Å². The molecule has 7 heteroatoms. The number of fused-ring (bicyclic) bond motifs is 1. The van der Waals surface area contributed by atoms with Crippen molar-refractivity contribution in [3.63, 3.8) is 0 Å². The van der Waals surface area contributed by atoms with E-state index < -0.39 is 11.8 Å². The molecule has 0 atom stereocenters. The predicted molar refractivity (Wildman–Crippen MR) is 100 cm³/mol. The number of hydrogen-bond donors (Lipinski definition) is 2. The number of azo groups is 1. The topological polar surface area (TPSA) is 104 Å². The normalized spacial score (nSPS) is 11.1. The van der Waals surface area contributed by atoms with Gasteiger partial charge in [-0.15, -0.1) is 16.8 Å². The van der Waals surface area contributed by atoms with Crippen LogP contribution >= 0.6 is 0 Å². The molecule has 3 aromatic rings. The molecule has 0 saturated heterocycles. The van der Waals surface area contributed by atoms with Gasteiger partial charge >= 0.3 is 0 Å². The van der Waals surface area contributed by atoms with Crippen LogP contribution in [0, 0.1) is 6.92 Å². The van der Waals surface area contributed by atoms with E-state index in [0.717, 1.165) is 5.56 Å². The van der Waals surface area contributed by atoms with Crippen LogP contribution in [0.25, 0.3) is 10.8 Å². The molecule has 0 bridgehead atoms. The van der Waals surface area contributed by atoms with Gasteiger partial charge in [-0.05, 0) is 36.8 Å². The maximum absolute atomic E-state index is 12.3. The highest BCUT2D eigenvalue weighted by Crippen LogP contribution is 2.36. The van der Waals surface area contributed by atoms with Crippen molar-refractivity contribution in [3.8, 4) is 11.8 Å². The SMILES string of the molecule is C=CCn1c(O)c2ccc(C(=O)N=NC(=O)c3ccccc3C)cc2c1O. The van der Waals surface area contributed by atoms with Gasteiger partial charge in [0.25, 0.3) is 11.8 Å². The van der Waals surface area contributed by atoms with Crippen molar-refractivity contribution in [2.75, 3.05) is 0 Å². The Kier molecular flexibility index (Phi) is 4.85. The molecule has 2 N–H and O–H groups in total. The van der Waals surface area contributed by atoms with Gasteiger partial charge in [0.1, 0.15) is 0 Å². The summed E-state index contributed by atoms with van der Waals surface area (Å²) in [6.07, 6.45) is 1.52. The summed E-state index contributed by atoms with van der Waals surface area (Å²) in [6, 6.07) is 11.2. The fourth-order valence-electron chi connectivity index (χ4n) is 2.77. The number of aromatic nitrogens is 1. The number of rotatable bonds is 4. The Morgan fingerprint density at radius 2 is 1.70 bits per heavy atom. The number of allylic oxidation sites excluding steroid dienone is 1. The molecule has 0 aliphatic carbocycles. The van der Waals surface area contributed by atoms with Gasteiger partial charge in [-0.2, -0.15) is 0 Å². The highest BCUT2D eigenvalue weighted by molar-refractivity contribution is 6.03.